The Labute approximate surface area is 130 Å². The van der Waals surface area contributed by atoms with Gasteiger partial charge in [-0.25, -0.2) is 9.78 Å². The molecule has 0 aliphatic carbocycles. The number of rotatable bonds is 7. The van der Waals surface area contributed by atoms with Gasteiger partial charge in [-0.2, -0.15) is 0 Å². The highest BCUT2D eigenvalue weighted by molar-refractivity contribution is 6.03. The van der Waals surface area contributed by atoms with Crippen molar-refractivity contribution in [1.82, 2.24) is 4.98 Å². The van der Waals surface area contributed by atoms with E-state index >= 15 is 0 Å². The van der Waals surface area contributed by atoms with Crippen LogP contribution in [0.1, 0.15) is 61.7 Å². The lowest BCUT2D eigenvalue weighted by atomic mass is 10.0. The van der Waals surface area contributed by atoms with Crippen molar-refractivity contribution in [2.45, 2.75) is 45.4 Å². The van der Waals surface area contributed by atoms with Crippen LogP contribution in [0.15, 0.2) is 16.5 Å². The number of hydrogen-bond donors (Lipinski definition) is 0. The summed E-state index contributed by atoms with van der Waals surface area (Å²) in [5.74, 6) is 0.824. The minimum atomic E-state index is -0.483. The second-order valence-electron chi connectivity index (χ2n) is 5.43. The molecule has 0 bridgehead atoms. The molecule has 0 fully saturated rings. The minimum absolute atomic E-state index is 0.218. The number of oxazole rings is 1. The molecule has 5 heteroatoms. The monoisotopic (exact) mass is 305 g/mol. The molecule has 1 aromatic carbocycles. The SMILES string of the molecule is CCCCCC(C)c1nc2ccc(OC)c(C(=O)OC)c2o1. The van der Waals surface area contributed by atoms with Crippen LogP contribution in [0.3, 0.4) is 0 Å². The van der Waals surface area contributed by atoms with Crippen molar-refractivity contribution in [1.29, 1.82) is 0 Å². The Morgan fingerprint density at radius 2 is 2.09 bits per heavy atom. The highest BCUT2D eigenvalue weighted by Gasteiger charge is 2.23. The molecule has 120 valence electrons. The topological polar surface area (TPSA) is 61.6 Å². The molecule has 2 rings (SSSR count). The van der Waals surface area contributed by atoms with E-state index in [0.717, 1.165) is 12.8 Å². The van der Waals surface area contributed by atoms with Gasteiger partial charge in [-0.15, -0.1) is 0 Å². The molecule has 0 saturated carbocycles. The average molecular weight is 305 g/mol. The summed E-state index contributed by atoms with van der Waals surface area (Å²) in [6.45, 7) is 4.27. The number of hydrogen-bond acceptors (Lipinski definition) is 5. The van der Waals surface area contributed by atoms with Gasteiger partial charge in [0, 0.05) is 5.92 Å². The molecule has 1 aromatic heterocycles. The Hall–Kier alpha value is -2.04. The Morgan fingerprint density at radius 1 is 1.32 bits per heavy atom. The fraction of sp³-hybridized carbons (Fsp3) is 0.529. The van der Waals surface area contributed by atoms with E-state index in [1.54, 1.807) is 12.1 Å². The number of nitrogens with zero attached hydrogens (tertiary/aromatic N) is 1. The molecule has 0 aliphatic rings. The van der Waals surface area contributed by atoms with Crippen LogP contribution in [0, 0.1) is 0 Å². The molecule has 0 aliphatic heterocycles. The summed E-state index contributed by atoms with van der Waals surface area (Å²) in [7, 11) is 2.85. The van der Waals surface area contributed by atoms with E-state index in [1.807, 2.05) is 0 Å². The van der Waals surface area contributed by atoms with E-state index in [2.05, 4.69) is 18.8 Å². The number of esters is 1. The summed E-state index contributed by atoms with van der Waals surface area (Å²) >= 11 is 0. The maximum Gasteiger partial charge on any atom is 0.345 e. The van der Waals surface area contributed by atoms with Crippen LogP contribution >= 0.6 is 0 Å². The zero-order chi connectivity index (χ0) is 16.1. The van der Waals surface area contributed by atoms with Crippen LogP contribution in [0.25, 0.3) is 11.1 Å². The predicted octanol–water partition coefficient (Wildman–Crippen LogP) is 4.31. The fourth-order valence-corrected chi connectivity index (χ4v) is 2.49. The summed E-state index contributed by atoms with van der Waals surface area (Å²) in [6, 6.07) is 3.51. The van der Waals surface area contributed by atoms with Crippen molar-refractivity contribution in [3.63, 3.8) is 0 Å². The Kier molecular flexibility index (Phi) is 5.41. The maximum absolute atomic E-state index is 12.0. The largest absolute Gasteiger partial charge is 0.496 e. The Bertz CT molecular complexity index is 647. The summed E-state index contributed by atoms with van der Waals surface area (Å²) in [5.41, 5.74) is 1.38. The molecule has 5 nitrogen and oxygen atoms in total. The number of fused-ring (bicyclic) bond motifs is 1. The third-order valence-electron chi connectivity index (χ3n) is 3.81. The molecular formula is C17H23NO4. The van der Waals surface area contributed by atoms with Crippen LogP contribution in [0.2, 0.25) is 0 Å². The van der Waals surface area contributed by atoms with Crippen molar-refractivity contribution in [3.05, 3.63) is 23.6 Å². The maximum atomic E-state index is 12.0. The van der Waals surface area contributed by atoms with Gasteiger partial charge in [0.1, 0.15) is 16.8 Å². The van der Waals surface area contributed by atoms with Crippen LogP contribution in [-0.4, -0.2) is 25.2 Å². The number of ether oxygens (including phenoxy) is 2. The third kappa shape index (κ3) is 3.24. The number of carbonyl (C=O) groups excluding carboxylic acids is 1. The molecule has 0 radical (unpaired) electrons. The first-order chi connectivity index (χ1) is 10.6. The van der Waals surface area contributed by atoms with Gasteiger partial charge in [0.15, 0.2) is 11.5 Å². The lowest BCUT2D eigenvalue weighted by molar-refractivity contribution is 0.0598. The zero-order valence-electron chi connectivity index (χ0n) is 13.6. The first-order valence-corrected chi connectivity index (χ1v) is 7.68. The highest BCUT2D eigenvalue weighted by Crippen LogP contribution is 2.32. The lowest BCUT2D eigenvalue weighted by Crippen LogP contribution is -2.04. The Balaban J connectivity index is 2.39. The molecule has 0 spiro atoms. The van der Waals surface area contributed by atoms with Gasteiger partial charge >= 0.3 is 5.97 Å². The number of aromatic nitrogens is 1. The standard InChI is InChI=1S/C17H23NO4/c1-5-6-7-8-11(2)16-18-12-9-10-13(20-3)14(15(12)22-16)17(19)21-4/h9-11H,5-8H2,1-4H3. The van der Waals surface area contributed by atoms with Crippen molar-refractivity contribution >= 4 is 17.1 Å². The quantitative estimate of drug-likeness (QED) is 0.563. The fourth-order valence-electron chi connectivity index (χ4n) is 2.49. The van der Waals surface area contributed by atoms with Crippen LogP contribution < -0.4 is 4.74 Å². The van der Waals surface area contributed by atoms with Gasteiger partial charge < -0.3 is 13.9 Å². The summed E-state index contributed by atoms with van der Waals surface area (Å²) < 4.78 is 15.9. The van der Waals surface area contributed by atoms with Crippen molar-refractivity contribution in [3.8, 4) is 5.75 Å². The van der Waals surface area contributed by atoms with E-state index < -0.39 is 5.97 Å². The van der Waals surface area contributed by atoms with E-state index in [1.165, 1.54) is 27.1 Å². The number of carbonyl (C=O) groups is 1. The van der Waals surface area contributed by atoms with Crippen LogP contribution in [-0.2, 0) is 4.74 Å². The molecule has 1 unspecified atom stereocenters. The molecular weight excluding hydrogens is 282 g/mol. The van der Waals surface area contributed by atoms with Gasteiger partial charge in [-0.05, 0) is 18.6 Å². The first kappa shape index (κ1) is 16.3. The normalized spacial score (nSPS) is 12.4. The molecule has 1 atom stereocenters. The zero-order valence-corrected chi connectivity index (χ0v) is 13.6. The molecule has 0 N–H and O–H groups in total. The third-order valence-corrected chi connectivity index (χ3v) is 3.81. The van der Waals surface area contributed by atoms with E-state index in [4.69, 9.17) is 13.9 Å². The number of methoxy groups -OCH3 is 2. The van der Waals surface area contributed by atoms with Gasteiger partial charge in [-0.1, -0.05) is 33.1 Å². The highest BCUT2D eigenvalue weighted by atomic mass is 16.5. The predicted molar refractivity (Wildman–Crippen MR) is 84.5 cm³/mol. The van der Waals surface area contributed by atoms with Gasteiger partial charge in [0.05, 0.1) is 14.2 Å². The van der Waals surface area contributed by atoms with Crippen molar-refractivity contribution in [2.24, 2.45) is 0 Å². The summed E-state index contributed by atoms with van der Waals surface area (Å²) in [4.78, 5) is 16.5. The second kappa shape index (κ2) is 7.29. The van der Waals surface area contributed by atoms with E-state index in [0.29, 0.717) is 28.3 Å². The average Bonchev–Trinajstić information content (AvgIpc) is 2.97. The molecule has 0 saturated heterocycles. The Morgan fingerprint density at radius 3 is 2.73 bits per heavy atom. The van der Waals surface area contributed by atoms with Crippen molar-refractivity contribution < 1.29 is 18.7 Å². The van der Waals surface area contributed by atoms with E-state index in [-0.39, 0.29) is 5.92 Å². The first-order valence-electron chi connectivity index (χ1n) is 7.68. The van der Waals surface area contributed by atoms with Crippen LogP contribution in [0.4, 0.5) is 0 Å². The van der Waals surface area contributed by atoms with Crippen LogP contribution in [0.5, 0.6) is 5.75 Å². The summed E-state index contributed by atoms with van der Waals surface area (Å²) in [5, 5.41) is 0. The molecule has 2 aromatic rings. The van der Waals surface area contributed by atoms with Gasteiger partial charge in [-0.3, -0.25) is 0 Å². The van der Waals surface area contributed by atoms with Gasteiger partial charge in [0.25, 0.3) is 0 Å². The smallest absolute Gasteiger partial charge is 0.345 e. The molecule has 1 heterocycles. The van der Waals surface area contributed by atoms with Crippen molar-refractivity contribution in [2.75, 3.05) is 14.2 Å². The summed E-state index contributed by atoms with van der Waals surface area (Å²) in [6.07, 6.45) is 4.55. The van der Waals surface area contributed by atoms with E-state index in [9.17, 15) is 4.79 Å². The lowest BCUT2D eigenvalue weighted by Gasteiger charge is -2.07. The molecule has 0 amide bonds. The number of benzene rings is 1. The second-order valence-corrected chi connectivity index (χ2v) is 5.43. The van der Waals surface area contributed by atoms with Gasteiger partial charge in [0.2, 0.25) is 0 Å². The number of unbranched alkanes of at least 4 members (excludes halogenated alkanes) is 2. The molecule has 22 heavy (non-hydrogen) atoms. The minimum Gasteiger partial charge on any atom is -0.496 e.